The van der Waals surface area contributed by atoms with Crippen molar-refractivity contribution < 1.29 is 23.9 Å². The minimum atomic E-state index is -0.691. The molecule has 3 unspecified atom stereocenters. The fraction of sp³-hybridized carbons (Fsp3) is 0.182. The van der Waals surface area contributed by atoms with Crippen molar-refractivity contribution >= 4 is 63.4 Å². The fourth-order valence-corrected chi connectivity index (χ4v) is 6.19. The smallest absolute Gasteiger partial charge is 0.339 e. The molecule has 2 aliphatic rings. The lowest BCUT2D eigenvalue weighted by Crippen LogP contribution is -2.31. The lowest BCUT2D eigenvalue weighted by Gasteiger charge is -2.22. The SMILES string of the molecule is CC1C=CCC2C(=O)N(c3ccc(-c4cc(C(=O)OCC(=O)c5ccc(Cl)cc5Cl)c5ccccc5n4)cc3)C(=O)C12. The van der Waals surface area contributed by atoms with E-state index in [1.54, 1.807) is 48.5 Å². The predicted octanol–water partition coefficient (Wildman–Crippen LogP) is 6.95. The van der Waals surface area contributed by atoms with Gasteiger partial charge in [-0.15, -0.1) is 0 Å². The number of para-hydroxylation sites is 1. The van der Waals surface area contributed by atoms with Gasteiger partial charge in [0.15, 0.2) is 6.61 Å². The van der Waals surface area contributed by atoms with E-state index in [9.17, 15) is 19.2 Å². The molecule has 0 radical (unpaired) electrons. The van der Waals surface area contributed by atoms with E-state index in [2.05, 4.69) is 0 Å². The van der Waals surface area contributed by atoms with Crippen molar-refractivity contribution in [2.75, 3.05) is 11.5 Å². The Balaban J connectivity index is 1.26. The normalized spacial score (nSPS) is 19.7. The molecule has 3 atom stereocenters. The first-order chi connectivity index (χ1) is 20.2. The topological polar surface area (TPSA) is 93.6 Å². The molecule has 0 N–H and O–H groups in total. The number of carbonyl (C=O) groups excluding carboxylic acids is 4. The van der Waals surface area contributed by atoms with Gasteiger partial charge in [-0.3, -0.25) is 19.3 Å². The maximum Gasteiger partial charge on any atom is 0.339 e. The van der Waals surface area contributed by atoms with E-state index in [1.807, 2.05) is 25.1 Å². The van der Waals surface area contributed by atoms with Gasteiger partial charge in [0.1, 0.15) is 0 Å². The average Bonchev–Trinajstić information content (AvgIpc) is 3.25. The van der Waals surface area contributed by atoms with Gasteiger partial charge in [0.2, 0.25) is 17.6 Å². The van der Waals surface area contributed by atoms with E-state index in [4.69, 9.17) is 32.9 Å². The van der Waals surface area contributed by atoms with E-state index in [0.29, 0.717) is 39.3 Å². The highest BCUT2D eigenvalue weighted by atomic mass is 35.5. The molecule has 1 fully saturated rings. The number of halogens is 2. The fourth-order valence-electron chi connectivity index (χ4n) is 5.68. The predicted molar refractivity (Wildman–Crippen MR) is 161 cm³/mol. The van der Waals surface area contributed by atoms with Crippen molar-refractivity contribution in [1.82, 2.24) is 4.98 Å². The first kappa shape index (κ1) is 27.8. The van der Waals surface area contributed by atoms with Gasteiger partial charge in [-0.2, -0.15) is 0 Å². The minimum absolute atomic E-state index is 0.00270. The molecule has 6 rings (SSSR count). The Morgan fingerprint density at radius 3 is 2.45 bits per heavy atom. The average molecular weight is 599 g/mol. The second-order valence-electron chi connectivity index (χ2n) is 10.4. The molecule has 7 nitrogen and oxygen atoms in total. The molecule has 4 aromatic rings. The quantitative estimate of drug-likeness (QED) is 0.103. The number of allylic oxidation sites excluding steroid dienone is 2. The molecule has 42 heavy (non-hydrogen) atoms. The van der Waals surface area contributed by atoms with Crippen LogP contribution in [0.1, 0.15) is 34.1 Å². The third-order valence-corrected chi connectivity index (χ3v) is 8.34. The highest BCUT2D eigenvalue weighted by Gasteiger charge is 2.50. The van der Waals surface area contributed by atoms with Crippen LogP contribution in [0.2, 0.25) is 10.0 Å². The second kappa shape index (κ2) is 11.2. The number of hydrogen-bond donors (Lipinski definition) is 0. The number of aromatic nitrogens is 1. The zero-order valence-corrected chi connectivity index (χ0v) is 23.9. The number of nitrogens with zero attached hydrogens (tertiary/aromatic N) is 2. The second-order valence-corrected chi connectivity index (χ2v) is 11.3. The van der Waals surface area contributed by atoms with Crippen molar-refractivity contribution in [1.29, 1.82) is 0 Å². The molecule has 0 bridgehead atoms. The number of rotatable bonds is 6. The molecule has 0 saturated carbocycles. The van der Waals surface area contributed by atoms with E-state index in [0.717, 1.165) is 0 Å². The van der Waals surface area contributed by atoms with E-state index in [-0.39, 0.29) is 45.7 Å². The third kappa shape index (κ3) is 4.99. The number of pyridine rings is 1. The number of hydrogen-bond acceptors (Lipinski definition) is 6. The van der Waals surface area contributed by atoms with E-state index < -0.39 is 18.4 Å². The number of esters is 1. The maximum atomic E-state index is 13.2. The van der Waals surface area contributed by atoms with Crippen LogP contribution in [0.3, 0.4) is 0 Å². The summed E-state index contributed by atoms with van der Waals surface area (Å²) in [4.78, 5) is 58.2. The molecular formula is C33H24Cl2N2O5. The molecule has 2 amide bonds. The van der Waals surface area contributed by atoms with Crippen molar-refractivity contribution in [3.05, 3.63) is 106 Å². The Morgan fingerprint density at radius 2 is 1.71 bits per heavy atom. The van der Waals surface area contributed by atoms with Crippen molar-refractivity contribution in [3.8, 4) is 11.3 Å². The van der Waals surface area contributed by atoms with Gasteiger partial charge >= 0.3 is 5.97 Å². The Kier molecular flexibility index (Phi) is 7.39. The molecule has 210 valence electrons. The van der Waals surface area contributed by atoms with Crippen LogP contribution < -0.4 is 4.90 Å². The number of ketones is 1. The van der Waals surface area contributed by atoms with Gasteiger partial charge in [-0.05, 0) is 54.8 Å². The molecule has 1 saturated heterocycles. The van der Waals surface area contributed by atoms with Crippen LogP contribution in [0.25, 0.3) is 22.2 Å². The molecular weight excluding hydrogens is 575 g/mol. The summed E-state index contributed by atoms with van der Waals surface area (Å²) in [6.07, 6.45) is 4.53. The molecule has 1 aliphatic carbocycles. The Hall–Kier alpha value is -4.33. The van der Waals surface area contributed by atoms with Gasteiger partial charge < -0.3 is 4.74 Å². The van der Waals surface area contributed by atoms with Crippen molar-refractivity contribution in [2.24, 2.45) is 17.8 Å². The highest BCUT2D eigenvalue weighted by molar-refractivity contribution is 6.37. The van der Waals surface area contributed by atoms with Crippen LogP contribution in [0, 0.1) is 17.8 Å². The number of anilines is 1. The first-order valence-corrected chi connectivity index (χ1v) is 14.2. The van der Waals surface area contributed by atoms with Crippen LogP contribution in [-0.2, 0) is 14.3 Å². The Labute approximate surface area is 251 Å². The molecule has 0 spiro atoms. The van der Waals surface area contributed by atoms with Gasteiger partial charge in [-0.25, -0.2) is 9.78 Å². The van der Waals surface area contributed by atoms with Gasteiger partial charge in [0.25, 0.3) is 0 Å². The summed E-state index contributed by atoms with van der Waals surface area (Å²) in [6.45, 7) is 1.46. The molecule has 1 aliphatic heterocycles. The highest BCUT2D eigenvalue weighted by Crippen LogP contribution is 2.40. The van der Waals surface area contributed by atoms with Crippen molar-refractivity contribution in [2.45, 2.75) is 13.3 Å². The Bertz CT molecular complexity index is 1800. The van der Waals surface area contributed by atoms with Gasteiger partial charge in [0.05, 0.1) is 39.3 Å². The summed E-state index contributed by atoms with van der Waals surface area (Å²) < 4.78 is 5.40. The summed E-state index contributed by atoms with van der Waals surface area (Å²) in [5.41, 5.74) is 2.67. The molecule has 3 aromatic carbocycles. The van der Waals surface area contributed by atoms with Gasteiger partial charge in [-0.1, -0.05) is 72.6 Å². The number of benzene rings is 3. The number of amides is 2. The van der Waals surface area contributed by atoms with Crippen LogP contribution in [-0.4, -0.2) is 35.2 Å². The van der Waals surface area contributed by atoms with Crippen LogP contribution in [0.4, 0.5) is 5.69 Å². The lowest BCUT2D eigenvalue weighted by molar-refractivity contribution is -0.122. The number of imide groups is 1. The summed E-state index contributed by atoms with van der Waals surface area (Å²) >= 11 is 12.0. The number of carbonyl (C=O) groups is 4. The maximum absolute atomic E-state index is 13.2. The summed E-state index contributed by atoms with van der Waals surface area (Å²) in [7, 11) is 0. The van der Waals surface area contributed by atoms with Crippen molar-refractivity contribution in [3.63, 3.8) is 0 Å². The standard InChI is InChI=1S/C33H24Cl2N2O5/c1-18-5-4-7-24-30(18)32(40)37(31(24)39)21-12-9-19(10-13-21)28-16-25(22-6-2-3-8-27(22)36-28)33(41)42-17-29(38)23-14-11-20(34)15-26(23)35/h2-6,8-16,18,24,30H,7,17H2,1H3. The van der Waals surface area contributed by atoms with E-state index in [1.165, 1.54) is 23.1 Å². The molecule has 9 heteroatoms. The first-order valence-electron chi connectivity index (χ1n) is 13.4. The Morgan fingerprint density at radius 1 is 0.952 bits per heavy atom. The molecule has 2 heterocycles. The van der Waals surface area contributed by atoms with Crippen LogP contribution >= 0.6 is 23.2 Å². The largest absolute Gasteiger partial charge is 0.454 e. The minimum Gasteiger partial charge on any atom is -0.454 e. The number of Topliss-reactive ketones (excluding diaryl/α,β-unsaturated/α-hetero) is 1. The van der Waals surface area contributed by atoms with E-state index >= 15 is 0 Å². The lowest BCUT2D eigenvalue weighted by atomic mass is 9.78. The third-order valence-electron chi connectivity index (χ3n) is 7.80. The number of ether oxygens (including phenoxy) is 1. The number of fused-ring (bicyclic) bond motifs is 2. The summed E-state index contributed by atoms with van der Waals surface area (Å²) in [5.74, 6) is -2.20. The van der Waals surface area contributed by atoms with Gasteiger partial charge in [0, 0.05) is 21.5 Å². The zero-order chi connectivity index (χ0) is 29.5. The van der Waals surface area contributed by atoms with Crippen LogP contribution in [0.15, 0.2) is 84.9 Å². The zero-order valence-electron chi connectivity index (χ0n) is 22.4. The monoisotopic (exact) mass is 598 g/mol. The summed E-state index contributed by atoms with van der Waals surface area (Å²) in [5, 5.41) is 1.13. The summed E-state index contributed by atoms with van der Waals surface area (Å²) in [6, 6.07) is 20.2. The van der Waals surface area contributed by atoms with Crippen LogP contribution in [0.5, 0.6) is 0 Å². The molecule has 1 aromatic heterocycles.